The third-order valence-electron chi connectivity index (χ3n) is 8.25. The first-order chi connectivity index (χ1) is 20.8. The number of fused-ring (bicyclic) bond motifs is 2. The highest BCUT2D eigenvalue weighted by molar-refractivity contribution is 5.89. The smallest absolute Gasteiger partial charge is 0.345 e. The Labute approximate surface area is 252 Å². The number of nitriles is 1. The van der Waals surface area contributed by atoms with Crippen LogP contribution in [0.3, 0.4) is 0 Å². The molecule has 2 aromatic heterocycles. The van der Waals surface area contributed by atoms with E-state index in [4.69, 9.17) is 28.6 Å². The van der Waals surface area contributed by atoms with Crippen molar-refractivity contribution in [1.82, 2.24) is 4.98 Å². The first-order valence-electron chi connectivity index (χ1n) is 13.9. The Balaban J connectivity index is 1.59. The molecule has 1 aliphatic carbocycles. The number of carbonyl (C=O) groups is 3. The lowest BCUT2D eigenvalue weighted by molar-refractivity contribution is -0.261. The molecular weight excluding hydrogens is 572 g/mol. The van der Waals surface area contributed by atoms with Crippen LogP contribution in [0.4, 0.5) is 0 Å². The van der Waals surface area contributed by atoms with Gasteiger partial charge in [0.15, 0.2) is 0 Å². The Morgan fingerprint density at radius 3 is 2.39 bits per heavy atom. The van der Waals surface area contributed by atoms with Crippen LogP contribution in [0, 0.1) is 23.2 Å². The lowest BCUT2D eigenvalue weighted by Crippen LogP contribution is -2.63. The summed E-state index contributed by atoms with van der Waals surface area (Å²) in [5.74, 6) is -5.48. The standard InChI is InChI=1S/C32H30N2O10/c1-17(35)42-32(4,43-18(2)36)22-12-23-28(37)27-25(14-24(40-30(27)39)21-6-5-11-34-16-21)44-31(23,3)26(13-22)41-29(38)20-9-7-19(15-33)8-10-20/h5-11,14,16,22-23,26,28,37H,12-13H2,1-4H3/t22-,23-,26-,28-,31-/m0/s1. The number of aromatic nitrogens is 1. The van der Waals surface area contributed by atoms with Gasteiger partial charge in [-0.1, -0.05) is 0 Å². The number of hydrogen-bond donors (Lipinski definition) is 1. The van der Waals surface area contributed by atoms with Crippen LogP contribution in [0.5, 0.6) is 5.75 Å². The normalized spacial score (nSPS) is 24.0. The number of aliphatic hydroxyl groups is 1. The van der Waals surface area contributed by atoms with Crippen LogP contribution in [0.1, 0.15) is 68.1 Å². The van der Waals surface area contributed by atoms with Crippen LogP contribution in [-0.2, 0) is 23.8 Å². The molecule has 1 aromatic carbocycles. The third-order valence-corrected chi connectivity index (χ3v) is 8.25. The summed E-state index contributed by atoms with van der Waals surface area (Å²) in [7, 11) is 0. The van der Waals surface area contributed by atoms with Crippen molar-refractivity contribution >= 4 is 17.9 Å². The fraction of sp³-hybridized carbons (Fsp3) is 0.375. The molecule has 2 aliphatic rings. The Kier molecular flexibility index (Phi) is 8.01. The molecule has 12 heteroatoms. The molecule has 1 fully saturated rings. The number of rotatable bonds is 6. The van der Waals surface area contributed by atoms with E-state index in [2.05, 4.69) is 4.98 Å². The summed E-state index contributed by atoms with van der Waals surface area (Å²) < 4.78 is 29.0. The highest BCUT2D eigenvalue weighted by Crippen LogP contribution is 2.54. The predicted molar refractivity (Wildman–Crippen MR) is 151 cm³/mol. The largest absolute Gasteiger partial charge is 0.482 e. The molecule has 0 spiro atoms. The van der Waals surface area contributed by atoms with E-state index >= 15 is 0 Å². The van der Waals surface area contributed by atoms with Gasteiger partial charge in [0.25, 0.3) is 5.79 Å². The van der Waals surface area contributed by atoms with Crippen molar-refractivity contribution in [3.63, 3.8) is 0 Å². The maximum Gasteiger partial charge on any atom is 0.345 e. The topological polar surface area (TPSA) is 175 Å². The van der Waals surface area contributed by atoms with Gasteiger partial charge in [0.1, 0.15) is 28.8 Å². The molecule has 228 valence electrons. The van der Waals surface area contributed by atoms with Crippen LogP contribution in [0.25, 0.3) is 11.3 Å². The summed E-state index contributed by atoms with van der Waals surface area (Å²) >= 11 is 0. The second-order valence-corrected chi connectivity index (χ2v) is 11.2. The fourth-order valence-electron chi connectivity index (χ4n) is 6.10. The Morgan fingerprint density at radius 1 is 1.11 bits per heavy atom. The summed E-state index contributed by atoms with van der Waals surface area (Å²) in [6, 6.07) is 12.7. The minimum absolute atomic E-state index is 0.00889. The second-order valence-electron chi connectivity index (χ2n) is 11.2. The van der Waals surface area contributed by atoms with Crippen LogP contribution in [-0.4, -0.2) is 45.5 Å². The number of pyridine rings is 1. The molecule has 1 aliphatic heterocycles. The van der Waals surface area contributed by atoms with E-state index in [1.165, 1.54) is 43.5 Å². The molecule has 5 atom stereocenters. The van der Waals surface area contributed by atoms with Gasteiger partial charge >= 0.3 is 23.5 Å². The highest BCUT2D eigenvalue weighted by atomic mass is 16.7. The van der Waals surface area contributed by atoms with Crippen molar-refractivity contribution in [2.45, 2.75) is 64.1 Å². The van der Waals surface area contributed by atoms with Gasteiger partial charge in [0.2, 0.25) is 0 Å². The average molecular weight is 603 g/mol. The number of aliphatic hydroxyl groups excluding tert-OH is 1. The molecule has 3 aromatic rings. The highest BCUT2D eigenvalue weighted by Gasteiger charge is 2.61. The van der Waals surface area contributed by atoms with Gasteiger partial charge in [-0.3, -0.25) is 14.6 Å². The number of esters is 3. The van der Waals surface area contributed by atoms with Gasteiger partial charge in [0, 0.05) is 56.6 Å². The number of nitrogens with zero attached hydrogens (tertiary/aromatic N) is 2. The molecule has 0 amide bonds. The van der Waals surface area contributed by atoms with Crippen molar-refractivity contribution in [3.8, 4) is 23.1 Å². The molecule has 0 unspecified atom stereocenters. The molecule has 44 heavy (non-hydrogen) atoms. The first-order valence-corrected chi connectivity index (χ1v) is 13.9. The fourth-order valence-corrected chi connectivity index (χ4v) is 6.10. The molecule has 0 bridgehead atoms. The van der Waals surface area contributed by atoms with Gasteiger partial charge in [-0.05, 0) is 56.2 Å². The zero-order chi connectivity index (χ0) is 31.8. The number of carbonyl (C=O) groups excluding carboxylic acids is 3. The van der Waals surface area contributed by atoms with E-state index < -0.39 is 59.0 Å². The SMILES string of the molecule is CC(=O)OC(C)(OC(C)=O)[C@@H]1C[C@H](OC(=O)c2ccc(C#N)cc2)[C@@]2(C)Oc3cc(-c4cccnc4)oc(=O)c3[C@@H](O)[C@@H]2C1. The van der Waals surface area contributed by atoms with Gasteiger partial charge in [-0.15, -0.1) is 0 Å². The average Bonchev–Trinajstić information content (AvgIpc) is 2.97. The van der Waals surface area contributed by atoms with E-state index in [0.29, 0.717) is 11.1 Å². The molecule has 12 nitrogen and oxygen atoms in total. The van der Waals surface area contributed by atoms with Crippen LogP contribution in [0.15, 0.2) is 64.1 Å². The summed E-state index contributed by atoms with van der Waals surface area (Å²) in [5, 5.41) is 20.8. The predicted octanol–water partition coefficient (Wildman–Crippen LogP) is 3.85. The molecule has 3 heterocycles. The van der Waals surface area contributed by atoms with Gasteiger partial charge < -0.3 is 28.5 Å². The summed E-state index contributed by atoms with van der Waals surface area (Å²) in [5.41, 5.74) is -1.34. The zero-order valence-electron chi connectivity index (χ0n) is 24.4. The Morgan fingerprint density at radius 2 is 1.80 bits per heavy atom. The molecule has 5 rings (SSSR count). The Bertz CT molecular complexity index is 1680. The van der Waals surface area contributed by atoms with E-state index in [0.717, 1.165) is 13.8 Å². The minimum Gasteiger partial charge on any atom is -0.482 e. The third kappa shape index (κ3) is 5.66. The van der Waals surface area contributed by atoms with Crippen LogP contribution < -0.4 is 10.4 Å². The summed E-state index contributed by atoms with van der Waals surface area (Å²) in [6.07, 6.45) is 0.550. The Hall–Kier alpha value is -5.02. The number of hydrogen-bond acceptors (Lipinski definition) is 12. The van der Waals surface area contributed by atoms with Crippen molar-refractivity contribution in [2.75, 3.05) is 0 Å². The molecule has 1 saturated carbocycles. The summed E-state index contributed by atoms with van der Waals surface area (Å²) in [6.45, 7) is 5.40. The van der Waals surface area contributed by atoms with Crippen LogP contribution in [0.2, 0.25) is 0 Å². The van der Waals surface area contributed by atoms with E-state index in [1.807, 2.05) is 6.07 Å². The maximum atomic E-state index is 13.4. The van der Waals surface area contributed by atoms with E-state index in [9.17, 15) is 24.3 Å². The van der Waals surface area contributed by atoms with Crippen molar-refractivity contribution in [3.05, 3.63) is 82.0 Å². The van der Waals surface area contributed by atoms with Crippen molar-refractivity contribution in [1.29, 1.82) is 5.26 Å². The summed E-state index contributed by atoms with van der Waals surface area (Å²) in [4.78, 5) is 54.9. The molecule has 0 saturated heterocycles. The van der Waals surface area contributed by atoms with Crippen molar-refractivity contribution in [2.24, 2.45) is 11.8 Å². The van der Waals surface area contributed by atoms with Crippen molar-refractivity contribution < 1.29 is 42.9 Å². The monoisotopic (exact) mass is 602 g/mol. The van der Waals surface area contributed by atoms with Gasteiger partial charge in [0.05, 0.1) is 23.3 Å². The lowest BCUT2D eigenvalue weighted by Gasteiger charge is -2.54. The van der Waals surface area contributed by atoms with Crippen LogP contribution >= 0.6 is 0 Å². The van der Waals surface area contributed by atoms with Gasteiger partial charge in [-0.25, -0.2) is 9.59 Å². The minimum atomic E-state index is -1.80. The molecule has 1 N–H and O–H groups in total. The molecule has 0 radical (unpaired) electrons. The second kappa shape index (κ2) is 11.6. The van der Waals surface area contributed by atoms with E-state index in [1.54, 1.807) is 25.3 Å². The zero-order valence-corrected chi connectivity index (χ0v) is 24.4. The van der Waals surface area contributed by atoms with Gasteiger partial charge in [-0.2, -0.15) is 5.26 Å². The number of ether oxygens (including phenoxy) is 4. The van der Waals surface area contributed by atoms with E-state index in [-0.39, 0.29) is 35.5 Å². The maximum absolute atomic E-state index is 13.4. The molecular formula is C32H30N2O10. The number of benzene rings is 1. The quantitative estimate of drug-likeness (QED) is 0.319. The first kappa shape index (κ1) is 30.4. The lowest BCUT2D eigenvalue weighted by atomic mass is 9.63.